The van der Waals surface area contributed by atoms with Gasteiger partial charge in [-0.1, -0.05) is 50.9 Å². The van der Waals surface area contributed by atoms with E-state index < -0.39 is 16.1 Å². The molecule has 8 heterocycles. The summed E-state index contributed by atoms with van der Waals surface area (Å²) in [4.78, 5) is 26.1. The largest absolute Gasteiger partial charge is 0.364 e. The molecule has 0 spiro atoms. The number of hydrogen-bond acceptors (Lipinski definition) is 8. The molecule has 0 atom stereocenters. The van der Waals surface area contributed by atoms with E-state index in [2.05, 4.69) is 108 Å². The van der Waals surface area contributed by atoms with E-state index >= 15 is 0 Å². The summed E-state index contributed by atoms with van der Waals surface area (Å²) in [5.41, 5.74) is 7.32. The first kappa shape index (κ1) is 38.9. The number of nitrogens with one attached hydrogen (secondary N) is 3. The second-order valence-corrected chi connectivity index (χ2v) is 27.8. The number of rotatable bonds is 11. The molecule has 284 valence electrons. The van der Waals surface area contributed by atoms with E-state index in [1.54, 1.807) is 6.33 Å². The van der Waals surface area contributed by atoms with Crippen molar-refractivity contribution in [3.8, 4) is 0 Å². The van der Waals surface area contributed by atoms with Gasteiger partial charge >= 0.3 is 0 Å². The maximum atomic E-state index is 5.99. The van der Waals surface area contributed by atoms with Gasteiger partial charge in [0.1, 0.15) is 48.4 Å². The Morgan fingerprint density at radius 3 is 1.94 bits per heavy atom. The third-order valence-electron chi connectivity index (χ3n) is 9.53. The van der Waals surface area contributed by atoms with Crippen LogP contribution in [-0.4, -0.2) is 81.5 Å². The normalized spacial score (nSPS) is 14.4. The molecule has 0 amide bonds. The maximum Gasteiger partial charge on any atom is 0.147 e. The van der Waals surface area contributed by atoms with Gasteiger partial charge in [-0.05, 0) is 66.9 Å². The second kappa shape index (κ2) is 17.6. The molecule has 3 N–H and O–H groups in total. The van der Waals surface area contributed by atoms with Gasteiger partial charge in [-0.15, -0.1) is 0 Å². The average molecular weight is 776 g/mol. The maximum absolute atomic E-state index is 5.99. The zero-order chi connectivity index (χ0) is 37.4. The zero-order valence-electron chi connectivity index (χ0n) is 32.1. The van der Waals surface area contributed by atoms with Crippen molar-refractivity contribution >= 4 is 55.6 Å². The first-order chi connectivity index (χ1) is 25.4. The molecule has 0 saturated carbocycles. The zero-order valence-corrected chi connectivity index (χ0v) is 34.8. The van der Waals surface area contributed by atoms with E-state index in [0.29, 0.717) is 18.6 Å². The SMILES string of the molecule is C[Si](C)(C)CCOCn1ccc2c(Cl)ncnc21.C[Si](C)(C)CCOCn1ccc2c(N3CCc4cc[nH]c4C3)ncnc21.c1cc2c([nH]1)CNCC2. The molecule has 0 bridgehead atoms. The molecule has 2 aliphatic rings. The molecule has 6 aromatic rings. The van der Waals surface area contributed by atoms with Gasteiger partial charge in [0, 0.05) is 78.6 Å². The Morgan fingerprint density at radius 2 is 1.30 bits per heavy atom. The summed E-state index contributed by atoms with van der Waals surface area (Å²) in [6.45, 7) is 20.8. The van der Waals surface area contributed by atoms with Crippen molar-refractivity contribution in [2.24, 2.45) is 0 Å². The fourth-order valence-electron chi connectivity index (χ4n) is 6.30. The first-order valence-corrected chi connectivity index (χ1v) is 26.4. The molecule has 0 fully saturated rings. The second-order valence-electron chi connectivity index (χ2n) is 16.2. The standard InChI is InChI=1S/C19H27N5OSi.C12H18ClN3OSi.C7H10N2/c1-26(2,3)11-10-25-14-24-9-6-16-18(21-13-22-19(16)24)23-8-5-15-4-7-20-17(15)12-23;1-18(2,3)7-6-17-9-16-5-4-10-11(13)14-8-15-12(10)16;1-3-8-5-7-6(1)2-4-9-7/h4,6-7,9,13,20H,5,8,10-12,14H2,1-3H3;4-5,8H,6-7,9H2,1-3H3;2,4,8-9H,1,3,5H2. The molecule has 15 heteroatoms. The Morgan fingerprint density at radius 1 is 0.717 bits per heavy atom. The molecule has 0 unspecified atom stereocenters. The molecule has 0 saturated heterocycles. The van der Waals surface area contributed by atoms with Gasteiger partial charge in [0.15, 0.2) is 0 Å². The monoisotopic (exact) mass is 774 g/mol. The van der Waals surface area contributed by atoms with Crippen LogP contribution in [0.4, 0.5) is 5.82 Å². The lowest BCUT2D eigenvalue weighted by Crippen LogP contribution is -2.31. The van der Waals surface area contributed by atoms with Crippen molar-refractivity contribution in [2.75, 3.05) is 31.2 Å². The lowest BCUT2D eigenvalue weighted by atomic mass is 10.1. The number of anilines is 1. The van der Waals surface area contributed by atoms with Gasteiger partial charge in [-0.2, -0.15) is 0 Å². The van der Waals surface area contributed by atoms with Gasteiger partial charge in [0.05, 0.1) is 17.3 Å². The molecular weight excluding hydrogens is 720 g/mol. The molecule has 12 nitrogen and oxygen atoms in total. The Labute approximate surface area is 319 Å². The van der Waals surface area contributed by atoms with Gasteiger partial charge < -0.3 is 38.8 Å². The molecule has 6 aromatic heterocycles. The quantitative estimate of drug-likeness (QED) is 0.0695. The minimum absolute atomic E-state index is 0.487. The predicted molar refractivity (Wildman–Crippen MR) is 220 cm³/mol. The lowest BCUT2D eigenvalue weighted by Gasteiger charge is -2.28. The number of H-pyrrole nitrogens is 2. The number of ether oxygens (including phenoxy) is 2. The Hall–Kier alpha value is -3.80. The van der Waals surface area contributed by atoms with Crippen molar-refractivity contribution in [3.05, 3.63) is 89.4 Å². The summed E-state index contributed by atoms with van der Waals surface area (Å²) in [6.07, 6.45) is 13.4. The highest BCUT2D eigenvalue weighted by atomic mass is 35.5. The van der Waals surface area contributed by atoms with Crippen molar-refractivity contribution in [3.63, 3.8) is 0 Å². The molecule has 0 radical (unpaired) electrons. The molecule has 2 aliphatic heterocycles. The number of aromatic nitrogens is 8. The Kier molecular flexibility index (Phi) is 12.9. The van der Waals surface area contributed by atoms with E-state index in [9.17, 15) is 0 Å². The highest BCUT2D eigenvalue weighted by Crippen LogP contribution is 2.28. The topological polar surface area (TPSA) is 127 Å². The molecule has 8 rings (SSSR count). The van der Waals surface area contributed by atoms with Crippen LogP contribution in [0.2, 0.25) is 56.5 Å². The summed E-state index contributed by atoms with van der Waals surface area (Å²) in [5, 5.41) is 5.74. The molecular formula is C38H55ClN10O2Si2. The highest BCUT2D eigenvalue weighted by molar-refractivity contribution is 6.76. The van der Waals surface area contributed by atoms with Crippen molar-refractivity contribution in [1.82, 2.24) is 44.4 Å². The van der Waals surface area contributed by atoms with Crippen molar-refractivity contribution in [1.29, 1.82) is 0 Å². The third-order valence-corrected chi connectivity index (χ3v) is 13.2. The fraction of sp³-hybridized carbons (Fsp3) is 0.474. The molecule has 0 aliphatic carbocycles. The Bertz CT molecular complexity index is 2040. The van der Waals surface area contributed by atoms with E-state index in [4.69, 9.17) is 21.1 Å². The van der Waals surface area contributed by atoms with Crippen LogP contribution in [0.3, 0.4) is 0 Å². The van der Waals surface area contributed by atoms with Gasteiger partial charge in [-0.25, -0.2) is 19.9 Å². The van der Waals surface area contributed by atoms with Crippen LogP contribution in [-0.2, 0) is 48.9 Å². The van der Waals surface area contributed by atoms with Crippen LogP contribution >= 0.6 is 11.6 Å². The first-order valence-electron chi connectivity index (χ1n) is 18.6. The number of aromatic amines is 2. The van der Waals surface area contributed by atoms with Gasteiger partial charge in [-0.3, -0.25) is 0 Å². The van der Waals surface area contributed by atoms with Crippen LogP contribution in [0.5, 0.6) is 0 Å². The van der Waals surface area contributed by atoms with E-state index in [1.165, 1.54) is 47.4 Å². The summed E-state index contributed by atoms with van der Waals surface area (Å²) < 4.78 is 15.6. The minimum atomic E-state index is -1.06. The predicted octanol–water partition coefficient (Wildman–Crippen LogP) is 7.69. The van der Waals surface area contributed by atoms with Crippen LogP contribution in [0.1, 0.15) is 22.5 Å². The summed E-state index contributed by atoms with van der Waals surface area (Å²) >= 11 is 5.99. The van der Waals surface area contributed by atoms with E-state index in [-0.39, 0.29) is 0 Å². The van der Waals surface area contributed by atoms with E-state index in [1.807, 2.05) is 29.2 Å². The van der Waals surface area contributed by atoms with Crippen LogP contribution in [0, 0.1) is 0 Å². The average Bonchev–Trinajstić information content (AvgIpc) is 3.95. The highest BCUT2D eigenvalue weighted by Gasteiger charge is 2.21. The fourth-order valence-corrected chi connectivity index (χ4v) is 8.01. The summed E-state index contributed by atoms with van der Waals surface area (Å²) in [7, 11) is -2.08. The molecule has 53 heavy (non-hydrogen) atoms. The number of fused-ring (bicyclic) bond motifs is 4. The van der Waals surface area contributed by atoms with Crippen LogP contribution in [0.25, 0.3) is 22.1 Å². The van der Waals surface area contributed by atoms with Crippen molar-refractivity contribution in [2.45, 2.75) is 90.8 Å². The van der Waals surface area contributed by atoms with Crippen LogP contribution in [0.15, 0.2) is 61.7 Å². The third kappa shape index (κ3) is 10.7. The van der Waals surface area contributed by atoms with Gasteiger partial charge in [0.25, 0.3) is 0 Å². The van der Waals surface area contributed by atoms with Gasteiger partial charge in [0.2, 0.25) is 0 Å². The van der Waals surface area contributed by atoms with E-state index in [0.717, 1.165) is 73.7 Å². The molecule has 0 aromatic carbocycles. The number of halogens is 1. The smallest absolute Gasteiger partial charge is 0.147 e. The lowest BCUT2D eigenvalue weighted by molar-refractivity contribution is 0.0898. The summed E-state index contributed by atoms with van der Waals surface area (Å²) in [5.74, 6) is 1.01. The van der Waals surface area contributed by atoms with Crippen LogP contribution < -0.4 is 10.2 Å². The minimum Gasteiger partial charge on any atom is -0.364 e. The number of hydrogen-bond donors (Lipinski definition) is 3. The van der Waals surface area contributed by atoms with Crippen molar-refractivity contribution < 1.29 is 9.47 Å². The Balaban J connectivity index is 0.000000153. The number of nitrogens with zero attached hydrogens (tertiary/aromatic N) is 7. The summed E-state index contributed by atoms with van der Waals surface area (Å²) in [6, 6.07) is 10.7.